The highest BCUT2D eigenvalue weighted by Gasteiger charge is 2.21. The van der Waals surface area contributed by atoms with Gasteiger partial charge in [-0.3, -0.25) is 0 Å². The summed E-state index contributed by atoms with van der Waals surface area (Å²) in [5.74, 6) is 0. The average molecular weight is 561 g/mol. The molecule has 0 aliphatic heterocycles. The molecule has 0 bridgehead atoms. The Morgan fingerprint density at radius 3 is 1.43 bits per heavy atom. The van der Waals surface area contributed by atoms with Crippen LogP contribution in [0.1, 0.15) is 0 Å². The molecule has 0 spiro atoms. The maximum absolute atomic E-state index is 6.46. The van der Waals surface area contributed by atoms with E-state index in [4.69, 9.17) is 8.83 Å². The molecule has 10 rings (SSSR count). The van der Waals surface area contributed by atoms with Gasteiger partial charge in [0.1, 0.15) is 22.3 Å². The molecule has 0 atom stereocenters. The minimum Gasteiger partial charge on any atom is -0.456 e. The fourth-order valence-corrected chi connectivity index (χ4v) is 7.36. The van der Waals surface area contributed by atoms with Crippen LogP contribution in [0.3, 0.4) is 0 Å². The van der Waals surface area contributed by atoms with E-state index in [1.165, 1.54) is 43.6 Å². The SMILES string of the molecule is c1ccc2c(c1)oc1cc(-c3c4ccccc4c(-c4cc5c6ccccc6oc5c5ccccc45)c4ccccc34)ccc12. The van der Waals surface area contributed by atoms with Crippen molar-refractivity contribution < 1.29 is 8.83 Å². The van der Waals surface area contributed by atoms with Gasteiger partial charge in [0, 0.05) is 26.9 Å². The summed E-state index contributed by atoms with van der Waals surface area (Å²) in [5.41, 5.74) is 8.51. The first-order valence-corrected chi connectivity index (χ1v) is 15.0. The monoisotopic (exact) mass is 560 g/mol. The van der Waals surface area contributed by atoms with Gasteiger partial charge in [-0.05, 0) is 79.5 Å². The first kappa shape index (κ1) is 23.7. The lowest BCUT2D eigenvalue weighted by Crippen LogP contribution is -1.92. The van der Waals surface area contributed by atoms with Crippen LogP contribution in [0.2, 0.25) is 0 Å². The van der Waals surface area contributed by atoms with Crippen molar-refractivity contribution in [2.24, 2.45) is 0 Å². The van der Waals surface area contributed by atoms with Crippen molar-refractivity contribution in [1.29, 1.82) is 0 Å². The van der Waals surface area contributed by atoms with E-state index in [1.54, 1.807) is 0 Å². The van der Waals surface area contributed by atoms with Gasteiger partial charge in [0.05, 0.1) is 0 Å². The lowest BCUT2D eigenvalue weighted by atomic mass is 9.84. The minimum atomic E-state index is 0.907. The predicted octanol–water partition coefficient (Wildman–Crippen LogP) is 12.3. The lowest BCUT2D eigenvalue weighted by Gasteiger charge is -2.19. The molecule has 44 heavy (non-hydrogen) atoms. The van der Waals surface area contributed by atoms with Crippen molar-refractivity contribution in [3.05, 3.63) is 146 Å². The van der Waals surface area contributed by atoms with Crippen LogP contribution in [-0.2, 0) is 0 Å². The van der Waals surface area contributed by atoms with Crippen LogP contribution >= 0.6 is 0 Å². The molecule has 0 saturated heterocycles. The van der Waals surface area contributed by atoms with E-state index in [2.05, 4.69) is 127 Å². The Morgan fingerprint density at radius 2 is 0.773 bits per heavy atom. The average Bonchev–Trinajstić information content (AvgIpc) is 3.65. The van der Waals surface area contributed by atoms with Crippen molar-refractivity contribution in [2.45, 2.75) is 0 Å². The molecule has 2 nitrogen and oxygen atoms in total. The zero-order valence-corrected chi connectivity index (χ0v) is 23.7. The second kappa shape index (κ2) is 8.82. The number of benzene rings is 8. The largest absolute Gasteiger partial charge is 0.456 e. The van der Waals surface area contributed by atoms with Gasteiger partial charge in [-0.1, -0.05) is 115 Å². The van der Waals surface area contributed by atoms with Gasteiger partial charge in [0.2, 0.25) is 0 Å². The van der Waals surface area contributed by atoms with Crippen LogP contribution < -0.4 is 0 Å². The quantitative estimate of drug-likeness (QED) is 0.197. The Hall–Kier alpha value is -5.86. The predicted molar refractivity (Wildman–Crippen MR) is 184 cm³/mol. The molecule has 10 aromatic rings. The van der Waals surface area contributed by atoms with E-state index in [9.17, 15) is 0 Å². The number of furan rings is 2. The summed E-state index contributed by atoms with van der Waals surface area (Å²) >= 11 is 0. The first-order chi connectivity index (χ1) is 21.8. The summed E-state index contributed by atoms with van der Waals surface area (Å²) in [6.07, 6.45) is 0. The maximum Gasteiger partial charge on any atom is 0.143 e. The Labute approximate surface area is 252 Å². The topological polar surface area (TPSA) is 26.3 Å². The number of fused-ring (bicyclic) bond motifs is 10. The van der Waals surface area contributed by atoms with E-state index < -0.39 is 0 Å². The standard InChI is InChI=1S/C42H24O2/c1-6-18-34-26(11-1)35(24-36-28-13-8-10-20-38(28)44-42(34)36)41-32-16-4-2-14-30(32)40(31-15-3-5-17-33(31)41)25-21-22-29-27-12-7-9-19-37(27)43-39(29)23-25/h1-24H. The highest BCUT2D eigenvalue weighted by atomic mass is 16.3. The Morgan fingerprint density at radius 1 is 0.295 bits per heavy atom. The Balaban J connectivity index is 1.35. The van der Waals surface area contributed by atoms with Gasteiger partial charge in [-0.2, -0.15) is 0 Å². The summed E-state index contributed by atoms with van der Waals surface area (Å²) < 4.78 is 12.8. The molecule has 0 amide bonds. The van der Waals surface area contributed by atoms with Crippen molar-refractivity contribution >= 4 is 76.2 Å². The highest BCUT2D eigenvalue weighted by Crippen LogP contribution is 2.48. The molecule has 2 heteroatoms. The molecular weight excluding hydrogens is 536 g/mol. The molecule has 2 heterocycles. The smallest absolute Gasteiger partial charge is 0.143 e. The van der Waals surface area contributed by atoms with Gasteiger partial charge in [-0.25, -0.2) is 0 Å². The summed E-state index contributed by atoms with van der Waals surface area (Å²) in [4.78, 5) is 0. The van der Waals surface area contributed by atoms with Crippen molar-refractivity contribution in [3.8, 4) is 22.3 Å². The maximum atomic E-state index is 6.46. The van der Waals surface area contributed by atoms with Crippen LogP contribution in [0.4, 0.5) is 0 Å². The van der Waals surface area contributed by atoms with Crippen molar-refractivity contribution in [2.75, 3.05) is 0 Å². The van der Waals surface area contributed by atoms with Crippen LogP contribution in [-0.4, -0.2) is 0 Å². The van der Waals surface area contributed by atoms with Crippen LogP contribution in [0.15, 0.2) is 154 Å². The summed E-state index contributed by atoms with van der Waals surface area (Å²) in [7, 11) is 0. The van der Waals surface area contributed by atoms with Gasteiger partial charge in [0.15, 0.2) is 0 Å². The molecule has 0 aliphatic rings. The van der Waals surface area contributed by atoms with Crippen molar-refractivity contribution in [1.82, 2.24) is 0 Å². The number of hydrogen-bond acceptors (Lipinski definition) is 2. The summed E-state index contributed by atoms with van der Waals surface area (Å²) in [6, 6.07) is 51.9. The van der Waals surface area contributed by atoms with E-state index in [1.807, 2.05) is 18.2 Å². The van der Waals surface area contributed by atoms with Gasteiger partial charge in [0.25, 0.3) is 0 Å². The number of rotatable bonds is 2. The number of para-hydroxylation sites is 2. The lowest BCUT2D eigenvalue weighted by molar-refractivity contribution is 0.669. The van der Waals surface area contributed by atoms with E-state index in [0.29, 0.717) is 0 Å². The van der Waals surface area contributed by atoms with Gasteiger partial charge >= 0.3 is 0 Å². The molecule has 0 aliphatic carbocycles. The van der Waals surface area contributed by atoms with Crippen LogP contribution in [0.25, 0.3) is 98.4 Å². The molecular formula is C42H24O2. The first-order valence-electron chi connectivity index (χ1n) is 15.0. The molecule has 0 N–H and O–H groups in total. The van der Waals surface area contributed by atoms with Crippen LogP contribution in [0, 0.1) is 0 Å². The third kappa shape index (κ3) is 3.20. The Kier molecular flexibility index (Phi) is 4.75. The number of hydrogen-bond donors (Lipinski definition) is 0. The molecule has 204 valence electrons. The minimum absolute atomic E-state index is 0.907. The molecule has 0 unspecified atom stereocenters. The Bertz CT molecular complexity index is 2720. The zero-order chi connectivity index (χ0) is 28.8. The molecule has 0 radical (unpaired) electrons. The van der Waals surface area contributed by atoms with Crippen LogP contribution in [0.5, 0.6) is 0 Å². The van der Waals surface area contributed by atoms with Crippen molar-refractivity contribution in [3.63, 3.8) is 0 Å². The molecule has 8 aromatic carbocycles. The third-order valence-electron chi connectivity index (χ3n) is 9.25. The molecule has 0 saturated carbocycles. The van der Waals surface area contributed by atoms with Gasteiger partial charge in [-0.15, -0.1) is 0 Å². The molecule has 0 fully saturated rings. The summed E-state index contributed by atoms with van der Waals surface area (Å²) in [5, 5.41) is 11.8. The fourth-order valence-electron chi connectivity index (χ4n) is 7.36. The molecule has 2 aromatic heterocycles. The summed E-state index contributed by atoms with van der Waals surface area (Å²) in [6.45, 7) is 0. The third-order valence-corrected chi connectivity index (χ3v) is 9.25. The second-order valence-electron chi connectivity index (χ2n) is 11.6. The zero-order valence-electron chi connectivity index (χ0n) is 23.7. The van der Waals surface area contributed by atoms with E-state index in [0.717, 1.165) is 54.8 Å². The fraction of sp³-hybridized carbons (Fsp3) is 0. The highest BCUT2D eigenvalue weighted by molar-refractivity contribution is 6.27. The normalized spacial score (nSPS) is 12.1. The second-order valence-corrected chi connectivity index (χ2v) is 11.6. The van der Waals surface area contributed by atoms with E-state index in [-0.39, 0.29) is 0 Å². The van der Waals surface area contributed by atoms with E-state index >= 15 is 0 Å². The van der Waals surface area contributed by atoms with Gasteiger partial charge < -0.3 is 8.83 Å².